The molecule has 0 atom stereocenters. The van der Waals surface area contributed by atoms with Crippen molar-refractivity contribution in [2.45, 2.75) is 31.9 Å². The third-order valence-electron chi connectivity index (χ3n) is 2.00. The summed E-state index contributed by atoms with van der Waals surface area (Å²) >= 11 is 3.76. The molecule has 0 aliphatic carbocycles. The lowest BCUT2D eigenvalue weighted by atomic mass is 10.4. The first-order valence-electron chi connectivity index (χ1n) is 5.63. The molecular weight excluding hydrogens is 236 g/mol. The fourth-order valence-corrected chi connectivity index (χ4v) is 3.25. The summed E-state index contributed by atoms with van der Waals surface area (Å²) in [5.74, 6) is 8.36. The highest BCUT2D eigenvalue weighted by Gasteiger charge is 1.97. The molecule has 0 aliphatic rings. The predicted molar refractivity (Wildman–Crippen MR) is 74.0 cm³/mol. The Kier molecular flexibility index (Phi) is 7.41. The molecule has 1 aromatic heterocycles. The number of aliphatic hydroxyl groups excluding tert-OH is 1. The van der Waals surface area contributed by atoms with Crippen LogP contribution in [0.3, 0.4) is 0 Å². The molecule has 88 valence electrons. The summed E-state index contributed by atoms with van der Waals surface area (Å²) in [5.41, 5.74) is 0. The fraction of sp³-hybridized carbons (Fsp3) is 0.538. The van der Waals surface area contributed by atoms with E-state index in [2.05, 4.69) is 30.9 Å². The molecule has 16 heavy (non-hydrogen) atoms. The zero-order chi connectivity index (χ0) is 11.6. The molecule has 0 bridgehead atoms. The van der Waals surface area contributed by atoms with Crippen LogP contribution in [0, 0.1) is 11.8 Å². The van der Waals surface area contributed by atoms with Crippen LogP contribution in [0.4, 0.5) is 0 Å². The molecule has 0 spiro atoms. The van der Waals surface area contributed by atoms with Crippen molar-refractivity contribution in [1.82, 2.24) is 0 Å². The minimum Gasteiger partial charge on any atom is -0.395 e. The molecule has 0 aliphatic heterocycles. The summed E-state index contributed by atoms with van der Waals surface area (Å²) in [7, 11) is 0. The van der Waals surface area contributed by atoms with Gasteiger partial charge in [-0.2, -0.15) is 11.8 Å². The van der Waals surface area contributed by atoms with E-state index in [1.807, 2.05) is 11.8 Å². The number of aliphatic hydroxyl groups is 1. The average molecular weight is 254 g/mol. The predicted octanol–water partition coefficient (Wildman–Crippen LogP) is 3.52. The quantitative estimate of drug-likeness (QED) is 0.619. The maximum absolute atomic E-state index is 8.61. The number of thiophene rings is 1. The Bertz CT molecular complexity index is 346. The van der Waals surface area contributed by atoms with Gasteiger partial charge >= 0.3 is 0 Å². The van der Waals surface area contributed by atoms with Gasteiger partial charge in [0.05, 0.1) is 11.5 Å². The van der Waals surface area contributed by atoms with Gasteiger partial charge in [0.1, 0.15) is 0 Å². The Hall–Kier alpha value is -0.430. The lowest BCUT2D eigenvalue weighted by Crippen LogP contribution is -1.78. The Morgan fingerprint density at radius 3 is 3.06 bits per heavy atom. The molecule has 1 nitrogen and oxygen atoms in total. The average Bonchev–Trinajstić information content (AvgIpc) is 2.73. The summed E-state index contributed by atoms with van der Waals surface area (Å²) < 4.78 is 0. The van der Waals surface area contributed by atoms with Gasteiger partial charge in [-0.05, 0) is 24.3 Å². The molecular formula is C13H18OS2. The second-order valence-corrected chi connectivity index (χ2v) is 5.72. The topological polar surface area (TPSA) is 20.2 Å². The zero-order valence-electron chi connectivity index (χ0n) is 9.66. The highest BCUT2D eigenvalue weighted by molar-refractivity contribution is 7.98. The maximum Gasteiger partial charge on any atom is 0.0771 e. The molecule has 1 aromatic rings. The van der Waals surface area contributed by atoms with Crippen molar-refractivity contribution >= 4 is 23.1 Å². The SMILES string of the molecule is CCCCSCc1ccc(C#CCCO)s1. The van der Waals surface area contributed by atoms with Crippen LogP contribution in [0.15, 0.2) is 12.1 Å². The summed E-state index contributed by atoms with van der Waals surface area (Å²) in [6.07, 6.45) is 3.15. The second kappa shape index (κ2) is 8.69. The molecule has 1 heterocycles. The number of thioether (sulfide) groups is 1. The van der Waals surface area contributed by atoms with Crippen molar-refractivity contribution in [2.24, 2.45) is 0 Å². The molecule has 0 radical (unpaired) electrons. The van der Waals surface area contributed by atoms with E-state index in [0.717, 1.165) is 10.6 Å². The summed E-state index contributed by atoms with van der Waals surface area (Å²) in [4.78, 5) is 2.51. The van der Waals surface area contributed by atoms with Crippen LogP contribution in [-0.2, 0) is 5.75 Å². The standard InChI is InChI=1S/C13H18OS2/c1-2-3-10-15-11-13-8-7-12(16-13)6-4-5-9-14/h7-8,14H,2-3,5,9-11H2,1H3. The molecule has 0 saturated heterocycles. The summed E-state index contributed by atoms with van der Waals surface area (Å²) in [5, 5.41) is 8.61. The molecule has 1 rings (SSSR count). The lowest BCUT2D eigenvalue weighted by Gasteiger charge is -1.96. The zero-order valence-corrected chi connectivity index (χ0v) is 11.3. The van der Waals surface area contributed by atoms with Crippen molar-refractivity contribution in [3.05, 3.63) is 21.9 Å². The van der Waals surface area contributed by atoms with E-state index in [-0.39, 0.29) is 6.61 Å². The van der Waals surface area contributed by atoms with E-state index in [4.69, 9.17) is 5.11 Å². The normalized spacial score (nSPS) is 9.88. The van der Waals surface area contributed by atoms with Crippen molar-refractivity contribution in [2.75, 3.05) is 12.4 Å². The first-order chi connectivity index (χ1) is 7.86. The molecule has 0 amide bonds. The van der Waals surface area contributed by atoms with Gasteiger partial charge in [0, 0.05) is 17.1 Å². The summed E-state index contributed by atoms with van der Waals surface area (Å²) in [6.45, 7) is 2.37. The lowest BCUT2D eigenvalue weighted by molar-refractivity contribution is 0.305. The van der Waals surface area contributed by atoms with Crippen molar-refractivity contribution in [3.8, 4) is 11.8 Å². The van der Waals surface area contributed by atoms with Gasteiger partial charge in [0.15, 0.2) is 0 Å². The van der Waals surface area contributed by atoms with Crippen molar-refractivity contribution in [1.29, 1.82) is 0 Å². The van der Waals surface area contributed by atoms with Crippen molar-refractivity contribution in [3.63, 3.8) is 0 Å². The van der Waals surface area contributed by atoms with Gasteiger partial charge in [-0.25, -0.2) is 0 Å². The second-order valence-electron chi connectivity index (χ2n) is 3.45. The van der Waals surface area contributed by atoms with Crippen LogP contribution in [0.25, 0.3) is 0 Å². The minimum atomic E-state index is 0.151. The van der Waals surface area contributed by atoms with E-state index in [1.165, 1.54) is 23.5 Å². The Morgan fingerprint density at radius 2 is 2.31 bits per heavy atom. The number of hydrogen-bond acceptors (Lipinski definition) is 3. The van der Waals surface area contributed by atoms with Gasteiger partial charge in [-0.1, -0.05) is 25.2 Å². The highest BCUT2D eigenvalue weighted by atomic mass is 32.2. The van der Waals surface area contributed by atoms with E-state index < -0.39 is 0 Å². The molecule has 0 fully saturated rings. The van der Waals surface area contributed by atoms with Gasteiger partial charge in [0.2, 0.25) is 0 Å². The van der Waals surface area contributed by atoms with Crippen LogP contribution in [0.5, 0.6) is 0 Å². The molecule has 0 saturated carbocycles. The Morgan fingerprint density at radius 1 is 1.44 bits per heavy atom. The van der Waals surface area contributed by atoms with Crippen LogP contribution in [0.1, 0.15) is 35.9 Å². The molecule has 0 unspecified atom stereocenters. The Balaban J connectivity index is 2.31. The van der Waals surface area contributed by atoms with Gasteiger partial charge in [0.25, 0.3) is 0 Å². The first-order valence-corrected chi connectivity index (χ1v) is 7.60. The maximum atomic E-state index is 8.61. The Labute approximate surface area is 106 Å². The fourth-order valence-electron chi connectivity index (χ4n) is 1.15. The molecule has 0 aromatic carbocycles. The van der Waals surface area contributed by atoms with Gasteiger partial charge in [-0.3, -0.25) is 0 Å². The van der Waals surface area contributed by atoms with Crippen LogP contribution in [0.2, 0.25) is 0 Å². The van der Waals surface area contributed by atoms with Gasteiger partial charge < -0.3 is 5.11 Å². The number of rotatable bonds is 6. The van der Waals surface area contributed by atoms with Crippen molar-refractivity contribution < 1.29 is 5.11 Å². The number of hydrogen-bond donors (Lipinski definition) is 1. The smallest absolute Gasteiger partial charge is 0.0771 e. The van der Waals surface area contributed by atoms with E-state index in [9.17, 15) is 0 Å². The van der Waals surface area contributed by atoms with E-state index in [1.54, 1.807) is 11.3 Å². The third kappa shape index (κ3) is 5.60. The van der Waals surface area contributed by atoms with Crippen LogP contribution < -0.4 is 0 Å². The molecule has 3 heteroatoms. The van der Waals surface area contributed by atoms with E-state index >= 15 is 0 Å². The number of unbranched alkanes of at least 4 members (excludes halogenated alkanes) is 1. The largest absolute Gasteiger partial charge is 0.395 e. The van der Waals surface area contributed by atoms with Crippen LogP contribution >= 0.6 is 23.1 Å². The monoisotopic (exact) mass is 254 g/mol. The minimum absolute atomic E-state index is 0.151. The van der Waals surface area contributed by atoms with Gasteiger partial charge in [-0.15, -0.1) is 11.3 Å². The first kappa shape index (κ1) is 13.6. The third-order valence-corrected chi connectivity index (χ3v) is 4.27. The summed E-state index contributed by atoms with van der Waals surface area (Å²) in [6, 6.07) is 4.23. The van der Waals surface area contributed by atoms with Crippen LogP contribution in [-0.4, -0.2) is 17.5 Å². The highest BCUT2D eigenvalue weighted by Crippen LogP contribution is 2.21. The molecule has 1 N–H and O–H groups in total. The van der Waals surface area contributed by atoms with E-state index in [0.29, 0.717) is 6.42 Å².